The molecule has 1 heterocycles. The number of hydrogen-bond acceptors (Lipinski definition) is 5. The predicted molar refractivity (Wildman–Crippen MR) is 119 cm³/mol. The van der Waals surface area contributed by atoms with Gasteiger partial charge in [0.15, 0.2) is 5.11 Å². The van der Waals surface area contributed by atoms with Crippen molar-refractivity contribution < 1.29 is 8.42 Å². The molecule has 1 aromatic heterocycles. The molecule has 2 aromatic carbocycles. The van der Waals surface area contributed by atoms with Crippen molar-refractivity contribution in [3.8, 4) is 0 Å². The first kappa shape index (κ1) is 20.6. The molecule has 0 bridgehead atoms. The third-order valence-electron chi connectivity index (χ3n) is 3.69. The first-order valence-electron chi connectivity index (χ1n) is 8.11. The zero-order chi connectivity index (χ0) is 20.1. The van der Waals surface area contributed by atoms with Gasteiger partial charge in [-0.1, -0.05) is 17.3 Å². The van der Waals surface area contributed by atoms with Crippen LogP contribution in [0.3, 0.4) is 0 Å². The summed E-state index contributed by atoms with van der Waals surface area (Å²) in [5, 5.41) is 20.0. The molecule has 8 nitrogen and oxygen atoms in total. The molecule has 28 heavy (non-hydrogen) atoms. The molecule has 11 heteroatoms. The molecule has 146 valence electrons. The van der Waals surface area contributed by atoms with E-state index in [1.54, 1.807) is 23.0 Å². The molecule has 4 N–H and O–H groups in total. The van der Waals surface area contributed by atoms with Crippen LogP contribution in [0.1, 0.15) is 11.3 Å². The van der Waals surface area contributed by atoms with Gasteiger partial charge in [-0.05, 0) is 76.8 Å². The number of nitrogens with two attached hydrogens (primary N) is 1. The van der Waals surface area contributed by atoms with Gasteiger partial charge in [-0.3, -0.25) is 0 Å². The van der Waals surface area contributed by atoms with E-state index in [1.807, 2.05) is 24.3 Å². The van der Waals surface area contributed by atoms with Gasteiger partial charge < -0.3 is 10.6 Å². The van der Waals surface area contributed by atoms with Crippen molar-refractivity contribution >= 4 is 55.6 Å². The molecule has 0 aliphatic rings. The third kappa shape index (κ3) is 5.95. The van der Waals surface area contributed by atoms with Crippen LogP contribution in [0.2, 0.25) is 0 Å². The van der Waals surface area contributed by atoms with Gasteiger partial charge in [0.1, 0.15) is 5.69 Å². The van der Waals surface area contributed by atoms with E-state index in [4.69, 9.17) is 17.4 Å². The van der Waals surface area contributed by atoms with E-state index in [2.05, 4.69) is 43.5 Å². The highest BCUT2D eigenvalue weighted by Crippen LogP contribution is 2.12. The van der Waals surface area contributed by atoms with Crippen molar-refractivity contribution in [2.75, 3.05) is 5.32 Å². The lowest BCUT2D eigenvalue weighted by Gasteiger charge is -2.09. The van der Waals surface area contributed by atoms with Gasteiger partial charge in [0.2, 0.25) is 10.0 Å². The summed E-state index contributed by atoms with van der Waals surface area (Å²) in [6, 6.07) is 14.3. The summed E-state index contributed by atoms with van der Waals surface area (Å²) >= 11 is 7.52. The number of thiocarbonyl (C=S) groups is 1. The van der Waals surface area contributed by atoms with Crippen LogP contribution in [0, 0.1) is 3.57 Å². The van der Waals surface area contributed by atoms with Crippen LogP contribution in [0.4, 0.5) is 5.69 Å². The average Bonchev–Trinajstić information content (AvgIpc) is 3.09. The number of nitrogens with one attached hydrogen (secondary N) is 2. The van der Waals surface area contributed by atoms with Gasteiger partial charge in [0, 0.05) is 9.26 Å². The lowest BCUT2D eigenvalue weighted by atomic mass is 10.2. The summed E-state index contributed by atoms with van der Waals surface area (Å²) in [6.45, 7) is 0.787. The minimum atomic E-state index is -3.74. The molecular formula is C17H17IN6O2S2. The fourth-order valence-electron chi connectivity index (χ4n) is 2.38. The quantitative estimate of drug-likeness (QED) is 0.332. The standard InChI is InChI=1S/C17H17IN6O2S2/c18-13-4-6-14(7-5-13)21-17(27)20-9-15-11-24(23-22-15)10-12-2-1-3-16(8-12)28(19,25)26/h1-8,11H,9-10H2,(H2,19,25,26)(H2,20,21,27). The van der Waals surface area contributed by atoms with E-state index in [1.165, 1.54) is 12.1 Å². The van der Waals surface area contributed by atoms with Crippen LogP contribution in [0.15, 0.2) is 59.6 Å². The van der Waals surface area contributed by atoms with E-state index < -0.39 is 10.0 Å². The van der Waals surface area contributed by atoms with Crippen molar-refractivity contribution in [3.05, 3.63) is 69.6 Å². The van der Waals surface area contributed by atoms with Gasteiger partial charge in [-0.25, -0.2) is 18.2 Å². The summed E-state index contributed by atoms with van der Waals surface area (Å²) in [4.78, 5) is 0.0685. The van der Waals surface area contributed by atoms with E-state index in [0.29, 0.717) is 23.9 Å². The van der Waals surface area contributed by atoms with E-state index >= 15 is 0 Å². The molecule has 0 saturated heterocycles. The average molecular weight is 528 g/mol. The van der Waals surface area contributed by atoms with Crippen LogP contribution in [0.25, 0.3) is 0 Å². The number of primary sulfonamides is 1. The smallest absolute Gasteiger partial charge is 0.238 e. The van der Waals surface area contributed by atoms with Crippen molar-refractivity contribution in [3.63, 3.8) is 0 Å². The summed E-state index contributed by atoms with van der Waals surface area (Å²) in [7, 11) is -3.74. The Morgan fingerprint density at radius 1 is 1.21 bits per heavy atom. The summed E-state index contributed by atoms with van der Waals surface area (Å²) in [5.41, 5.74) is 2.36. The second-order valence-electron chi connectivity index (χ2n) is 5.91. The zero-order valence-electron chi connectivity index (χ0n) is 14.5. The molecule has 0 atom stereocenters. The number of hydrogen-bond donors (Lipinski definition) is 3. The Bertz CT molecular complexity index is 1080. The van der Waals surface area contributed by atoms with Gasteiger partial charge in [-0.15, -0.1) is 5.10 Å². The Kier molecular flexibility index (Phi) is 6.59. The van der Waals surface area contributed by atoms with Gasteiger partial charge in [0.25, 0.3) is 0 Å². The molecule has 0 aliphatic carbocycles. The summed E-state index contributed by atoms with van der Waals surface area (Å²) in [5.74, 6) is 0. The number of anilines is 1. The summed E-state index contributed by atoms with van der Waals surface area (Å²) < 4.78 is 25.7. The topological polar surface area (TPSA) is 115 Å². The fraction of sp³-hybridized carbons (Fsp3) is 0.118. The molecular weight excluding hydrogens is 511 g/mol. The van der Waals surface area contributed by atoms with Crippen LogP contribution in [-0.4, -0.2) is 28.5 Å². The Labute approximate surface area is 181 Å². The molecule has 0 radical (unpaired) electrons. The molecule has 0 saturated carbocycles. The zero-order valence-corrected chi connectivity index (χ0v) is 18.3. The minimum absolute atomic E-state index is 0.0685. The number of halogens is 1. The minimum Gasteiger partial charge on any atom is -0.357 e. The van der Waals surface area contributed by atoms with E-state index in [-0.39, 0.29) is 4.90 Å². The second-order valence-corrected chi connectivity index (χ2v) is 9.13. The van der Waals surface area contributed by atoms with Gasteiger partial charge in [-0.2, -0.15) is 0 Å². The third-order valence-corrected chi connectivity index (χ3v) is 5.57. The van der Waals surface area contributed by atoms with Crippen LogP contribution >= 0.6 is 34.8 Å². The Hall–Kier alpha value is -2.09. The molecule has 0 spiro atoms. The van der Waals surface area contributed by atoms with Crippen molar-refractivity contribution in [2.45, 2.75) is 18.0 Å². The number of benzene rings is 2. The highest BCUT2D eigenvalue weighted by Gasteiger charge is 2.09. The largest absolute Gasteiger partial charge is 0.357 e. The maximum absolute atomic E-state index is 11.5. The highest BCUT2D eigenvalue weighted by atomic mass is 127. The Morgan fingerprint density at radius 3 is 2.68 bits per heavy atom. The lowest BCUT2D eigenvalue weighted by molar-refractivity contribution is 0.597. The predicted octanol–water partition coefficient (Wildman–Crippen LogP) is 2.06. The maximum Gasteiger partial charge on any atom is 0.238 e. The van der Waals surface area contributed by atoms with Gasteiger partial charge >= 0.3 is 0 Å². The van der Waals surface area contributed by atoms with Crippen LogP contribution in [-0.2, 0) is 23.1 Å². The number of aromatic nitrogens is 3. The first-order chi connectivity index (χ1) is 13.3. The van der Waals surface area contributed by atoms with Crippen molar-refractivity contribution in [1.29, 1.82) is 0 Å². The first-order valence-corrected chi connectivity index (χ1v) is 11.1. The molecule has 0 aliphatic heterocycles. The van der Waals surface area contributed by atoms with E-state index in [9.17, 15) is 8.42 Å². The second kappa shape index (κ2) is 8.94. The number of rotatable bonds is 6. The molecule has 0 unspecified atom stereocenters. The van der Waals surface area contributed by atoms with Crippen molar-refractivity contribution in [1.82, 2.24) is 20.3 Å². The van der Waals surface area contributed by atoms with E-state index in [0.717, 1.165) is 14.8 Å². The molecule has 3 rings (SSSR count). The molecule has 0 amide bonds. The number of nitrogens with zero attached hydrogens (tertiary/aromatic N) is 3. The molecule has 3 aromatic rings. The monoisotopic (exact) mass is 528 g/mol. The fourth-order valence-corrected chi connectivity index (χ4v) is 3.52. The highest BCUT2D eigenvalue weighted by molar-refractivity contribution is 14.1. The lowest BCUT2D eigenvalue weighted by Crippen LogP contribution is -2.28. The number of sulfonamides is 1. The van der Waals surface area contributed by atoms with Crippen LogP contribution in [0.5, 0.6) is 0 Å². The van der Waals surface area contributed by atoms with Crippen LogP contribution < -0.4 is 15.8 Å². The molecule has 0 fully saturated rings. The van der Waals surface area contributed by atoms with Gasteiger partial charge in [0.05, 0.1) is 24.2 Å². The summed E-state index contributed by atoms with van der Waals surface area (Å²) in [6.07, 6.45) is 1.77. The Balaban J connectivity index is 1.55. The SMILES string of the molecule is NS(=O)(=O)c1cccc(Cn2cc(CNC(=S)Nc3ccc(I)cc3)nn2)c1. The normalized spacial score (nSPS) is 11.2. The van der Waals surface area contributed by atoms with Crippen molar-refractivity contribution in [2.24, 2.45) is 5.14 Å². The Morgan fingerprint density at radius 2 is 1.96 bits per heavy atom. The maximum atomic E-state index is 11.5.